The fourth-order valence-corrected chi connectivity index (χ4v) is 6.04. The van der Waals surface area contributed by atoms with E-state index in [0.717, 1.165) is 29.9 Å². The molecule has 0 bridgehead atoms. The monoisotopic (exact) mass is 492 g/mol. The van der Waals surface area contributed by atoms with Crippen LogP contribution >= 0.6 is 35.1 Å². The summed E-state index contributed by atoms with van der Waals surface area (Å²) in [5, 5.41) is 9.79. The normalized spacial score (nSPS) is 17.9. The van der Waals surface area contributed by atoms with Crippen LogP contribution in [0.2, 0.25) is 10.0 Å². The average molecular weight is 493 g/mol. The minimum absolute atomic E-state index is 0.351. The summed E-state index contributed by atoms with van der Waals surface area (Å²) in [6.45, 7) is 1.89. The van der Waals surface area contributed by atoms with Gasteiger partial charge in [0.1, 0.15) is 11.0 Å². The Morgan fingerprint density at radius 3 is 2.77 bits per heavy atom. The minimum Gasteiger partial charge on any atom is -0.358 e. The lowest BCUT2D eigenvalue weighted by Crippen LogP contribution is -2.15. The summed E-state index contributed by atoms with van der Waals surface area (Å²) in [6.07, 6.45) is 6.33. The van der Waals surface area contributed by atoms with Gasteiger partial charge >= 0.3 is 0 Å². The second-order valence-electron chi connectivity index (χ2n) is 7.13. The van der Waals surface area contributed by atoms with Crippen molar-refractivity contribution in [3.05, 3.63) is 65.0 Å². The molecule has 0 radical (unpaired) electrons. The van der Waals surface area contributed by atoms with Gasteiger partial charge in [0.2, 0.25) is 0 Å². The zero-order valence-corrected chi connectivity index (χ0v) is 19.3. The number of hydrogen-bond donors (Lipinski definition) is 2. The number of nitrogens with one attached hydrogen (secondary N) is 2. The van der Waals surface area contributed by atoms with Crippen LogP contribution in [0.1, 0.15) is 12.5 Å². The molecule has 7 nitrogen and oxygen atoms in total. The van der Waals surface area contributed by atoms with Gasteiger partial charge in [0.15, 0.2) is 0 Å². The zero-order chi connectivity index (χ0) is 21.4. The SMILES string of the molecule is O=S(Nc1ccc(Cl)c2c(Cl)c[nH]c12)c1ccc(SN2CCC(n3ccnn3)C2)cc1. The molecule has 2 unspecified atom stereocenters. The Balaban J connectivity index is 1.24. The van der Waals surface area contributed by atoms with Gasteiger partial charge in [-0.25, -0.2) is 13.2 Å². The Morgan fingerprint density at radius 1 is 1.16 bits per heavy atom. The van der Waals surface area contributed by atoms with Gasteiger partial charge in [-0.1, -0.05) is 28.4 Å². The maximum atomic E-state index is 12.9. The minimum atomic E-state index is -1.42. The Morgan fingerprint density at radius 2 is 2.00 bits per heavy atom. The van der Waals surface area contributed by atoms with Crippen LogP contribution in [0.25, 0.3) is 10.9 Å². The summed E-state index contributed by atoms with van der Waals surface area (Å²) in [6, 6.07) is 11.6. The number of aromatic nitrogens is 4. The number of rotatable bonds is 6. The van der Waals surface area contributed by atoms with Gasteiger partial charge < -0.3 is 4.98 Å². The molecule has 0 saturated carbocycles. The van der Waals surface area contributed by atoms with Gasteiger partial charge in [0.05, 0.1) is 38.4 Å². The van der Waals surface area contributed by atoms with Crippen molar-refractivity contribution in [2.75, 3.05) is 17.8 Å². The topological polar surface area (TPSA) is 78.8 Å². The quantitative estimate of drug-likeness (QED) is 0.363. The van der Waals surface area contributed by atoms with E-state index in [9.17, 15) is 4.21 Å². The molecule has 1 aliphatic heterocycles. The largest absolute Gasteiger partial charge is 0.358 e. The molecule has 5 rings (SSSR count). The Hall–Kier alpha value is -2.04. The van der Waals surface area contributed by atoms with E-state index >= 15 is 0 Å². The first-order valence-electron chi connectivity index (χ1n) is 9.61. The molecule has 4 aromatic rings. The number of aromatic amines is 1. The van der Waals surface area contributed by atoms with Gasteiger partial charge in [-0.05, 0) is 54.8 Å². The lowest BCUT2D eigenvalue weighted by molar-refractivity contribution is 0.453. The van der Waals surface area contributed by atoms with Crippen molar-refractivity contribution in [2.24, 2.45) is 0 Å². The standard InChI is InChI=1S/C20H18Cl2N6OS2/c21-16-5-6-18(20-19(16)17(22)11-23-20)25-31(29)15-3-1-14(2-4-15)30-27-9-7-13(12-27)28-10-8-24-26-28/h1-6,8,10-11,13,23,25H,7,9,12H2. The summed E-state index contributed by atoms with van der Waals surface area (Å²) >= 11 is 14.1. The molecule has 1 aliphatic rings. The van der Waals surface area contributed by atoms with Crippen LogP contribution in [-0.2, 0) is 11.0 Å². The molecule has 1 fully saturated rings. The number of fused-ring (bicyclic) bond motifs is 1. The molecule has 160 valence electrons. The lowest BCUT2D eigenvalue weighted by Gasteiger charge is -2.15. The lowest BCUT2D eigenvalue weighted by atomic mass is 10.2. The smallest absolute Gasteiger partial charge is 0.150 e. The van der Waals surface area contributed by atoms with E-state index in [-0.39, 0.29) is 0 Å². The Labute approximate surface area is 195 Å². The van der Waals surface area contributed by atoms with Crippen LogP contribution in [0.15, 0.2) is 64.8 Å². The van der Waals surface area contributed by atoms with E-state index in [0.29, 0.717) is 32.1 Å². The van der Waals surface area contributed by atoms with Gasteiger partial charge in [-0.15, -0.1) is 5.10 Å². The van der Waals surface area contributed by atoms with Crippen molar-refractivity contribution in [3.63, 3.8) is 0 Å². The van der Waals surface area contributed by atoms with Gasteiger partial charge in [0, 0.05) is 35.8 Å². The molecule has 2 N–H and O–H groups in total. The van der Waals surface area contributed by atoms with E-state index in [1.165, 1.54) is 0 Å². The molecule has 3 heterocycles. The predicted molar refractivity (Wildman–Crippen MR) is 126 cm³/mol. The van der Waals surface area contributed by atoms with E-state index in [2.05, 4.69) is 24.3 Å². The Kier molecular flexibility index (Phi) is 5.94. The molecule has 31 heavy (non-hydrogen) atoms. The van der Waals surface area contributed by atoms with Crippen LogP contribution < -0.4 is 4.72 Å². The van der Waals surface area contributed by atoms with Crippen molar-refractivity contribution in [3.8, 4) is 0 Å². The second-order valence-corrected chi connectivity index (χ2v) is 10.3. The van der Waals surface area contributed by atoms with Crippen molar-refractivity contribution >= 4 is 62.7 Å². The molecule has 2 aromatic carbocycles. The maximum Gasteiger partial charge on any atom is 0.150 e. The van der Waals surface area contributed by atoms with Crippen molar-refractivity contribution in [1.29, 1.82) is 0 Å². The first-order chi connectivity index (χ1) is 15.1. The van der Waals surface area contributed by atoms with Crippen LogP contribution in [-0.4, -0.2) is 41.6 Å². The second kappa shape index (κ2) is 8.84. The summed E-state index contributed by atoms with van der Waals surface area (Å²) in [7, 11) is -1.42. The third kappa shape index (κ3) is 4.33. The average Bonchev–Trinajstić information content (AvgIpc) is 3.52. The van der Waals surface area contributed by atoms with Gasteiger partial charge in [0.25, 0.3) is 0 Å². The summed E-state index contributed by atoms with van der Waals surface area (Å²) in [4.78, 5) is 4.87. The molecule has 0 spiro atoms. The Bertz CT molecular complexity index is 1230. The summed E-state index contributed by atoms with van der Waals surface area (Å²) in [5.41, 5.74) is 1.41. The van der Waals surface area contributed by atoms with Gasteiger partial charge in [-0.3, -0.25) is 4.72 Å². The van der Waals surface area contributed by atoms with E-state index in [1.807, 2.05) is 35.1 Å². The van der Waals surface area contributed by atoms with E-state index in [1.54, 1.807) is 36.5 Å². The highest BCUT2D eigenvalue weighted by Gasteiger charge is 2.25. The van der Waals surface area contributed by atoms with Crippen LogP contribution in [0.4, 0.5) is 5.69 Å². The third-order valence-electron chi connectivity index (χ3n) is 5.15. The molecule has 2 aromatic heterocycles. The zero-order valence-electron chi connectivity index (χ0n) is 16.2. The van der Waals surface area contributed by atoms with Crippen molar-refractivity contribution in [1.82, 2.24) is 24.3 Å². The molecule has 0 aliphatic carbocycles. The maximum absolute atomic E-state index is 12.9. The number of benzene rings is 2. The number of halogens is 2. The van der Waals surface area contributed by atoms with Crippen LogP contribution in [0, 0.1) is 0 Å². The number of hydrogen-bond acceptors (Lipinski definition) is 5. The van der Waals surface area contributed by atoms with Crippen molar-refractivity contribution in [2.45, 2.75) is 22.3 Å². The molecule has 0 amide bonds. The van der Waals surface area contributed by atoms with Gasteiger partial charge in [-0.2, -0.15) is 0 Å². The summed E-state index contributed by atoms with van der Waals surface area (Å²) < 4.78 is 20.1. The van der Waals surface area contributed by atoms with Crippen molar-refractivity contribution < 1.29 is 4.21 Å². The summed E-state index contributed by atoms with van der Waals surface area (Å²) in [5.74, 6) is 0. The highest BCUT2D eigenvalue weighted by atomic mass is 35.5. The molecule has 11 heteroatoms. The number of H-pyrrole nitrogens is 1. The molecular weight excluding hydrogens is 475 g/mol. The molecule has 1 saturated heterocycles. The van der Waals surface area contributed by atoms with Crippen LogP contribution in [0.5, 0.6) is 0 Å². The third-order valence-corrected chi connectivity index (χ3v) is 7.94. The highest BCUT2D eigenvalue weighted by Crippen LogP contribution is 2.35. The predicted octanol–water partition coefficient (Wildman–Crippen LogP) is 5.16. The highest BCUT2D eigenvalue weighted by molar-refractivity contribution is 7.97. The fourth-order valence-electron chi connectivity index (χ4n) is 3.61. The van der Waals surface area contributed by atoms with Crippen LogP contribution in [0.3, 0.4) is 0 Å². The first kappa shape index (κ1) is 20.8. The van der Waals surface area contributed by atoms with E-state index in [4.69, 9.17) is 23.2 Å². The fraction of sp³-hybridized carbons (Fsp3) is 0.200. The molecular formula is C20H18Cl2N6OS2. The van der Waals surface area contributed by atoms with E-state index < -0.39 is 11.0 Å². The molecule has 2 atom stereocenters. The first-order valence-corrected chi connectivity index (χ1v) is 12.3. The number of anilines is 1. The number of nitrogens with zero attached hydrogens (tertiary/aromatic N) is 4.